The van der Waals surface area contributed by atoms with Crippen LogP contribution in [0.2, 0.25) is 0 Å². The van der Waals surface area contributed by atoms with Crippen molar-refractivity contribution in [3.05, 3.63) is 79.1 Å². The third kappa shape index (κ3) is 3.09. The number of amides is 1. The SMILES string of the molecule is CC(C(=O)NCc1ccc(-n2cnc3ccccc32)cc1)n1ccnc1. The summed E-state index contributed by atoms with van der Waals surface area (Å²) in [6.07, 6.45) is 6.93. The van der Waals surface area contributed by atoms with Gasteiger partial charge in [0.15, 0.2) is 0 Å². The van der Waals surface area contributed by atoms with Crippen LogP contribution in [-0.4, -0.2) is 25.0 Å². The molecule has 4 rings (SSSR count). The Morgan fingerprint density at radius 1 is 1.12 bits per heavy atom. The minimum atomic E-state index is -0.283. The van der Waals surface area contributed by atoms with Crippen LogP contribution in [0.1, 0.15) is 18.5 Å². The first-order chi connectivity index (χ1) is 12.7. The van der Waals surface area contributed by atoms with E-state index >= 15 is 0 Å². The second-order valence-corrected chi connectivity index (χ2v) is 6.17. The first-order valence-corrected chi connectivity index (χ1v) is 8.49. The highest BCUT2D eigenvalue weighted by Crippen LogP contribution is 2.18. The van der Waals surface area contributed by atoms with Crippen molar-refractivity contribution in [2.75, 3.05) is 0 Å². The molecule has 0 aliphatic heterocycles. The normalized spacial score (nSPS) is 12.2. The van der Waals surface area contributed by atoms with Crippen molar-refractivity contribution >= 4 is 16.9 Å². The van der Waals surface area contributed by atoms with E-state index in [1.165, 1.54) is 0 Å². The van der Waals surface area contributed by atoms with E-state index in [9.17, 15) is 4.79 Å². The summed E-state index contributed by atoms with van der Waals surface area (Å²) in [5, 5.41) is 2.96. The molecule has 0 aliphatic carbocycles. The van der Waals surface area contributed by atoms with E-state index in [0.717, 1.165) is 22.3 Å². The Labute approximate surface area is 151 Å². The Bertz CT molecular complexity index is 1020. The fourth-order valence-electron chi connectivity index (χ4n) is 2.91. The van der Waals surface area contributed by atoms with Crippen LogP contribution in [0, 0.1) is 0 Å². The van der Waals surface area contributed by atoms with Gasteiger partial charge in [0.1, 0.15) is 12.4 Å². The van der Waals surface area contributed by atoms with Gasteiger partial charge in [-0.25, -0.2) is 9.97 Å². The van der Waals surface area contributed by atoms with Gasteiger partial charge < -0.3 is 9.88 Å². The molecule has 1 N–H and O–H groups in total. The summed E-state index contributed by atoms with van der Waals surface area (Å²) in [6, 6.07) is 15.9. The number of nitrogens with one attached hydrogen (secondary N) is 1. The summed E-state index contributed by atoms with van der Waals surface area (Å²) >= 11 is 0. The van der Waals surface area contributed by atoms with Gasteiger partial charge >= 0.3 is 0 Å². The molecule has 0 saturated carbocycles. The average Bonchev–Trinajstić information content (AvgIpc) is 3.36. The van der Waals surface area contributed by atoms with Gasteiger partial charge in [-0.15, -0.1) is 0 Å². The van der Waals surface area contributed by atoms with Crippen LogP contribution in [0.4, 0.5) is 0 Å². The Balaban J connectivity index is 1.44. The van der Waals surface area contributed by atoms with E-state index in [0.29, 0.717) is 6.54 Å². The quantitative estimate of drug-likeness (QED) is 0.604. The third-order valence-corrected chi connectivity index (χ3v) is 4.49. The molecule has 0 saturated heterocycles. The van der Waals surface area contributed by atoms with Gasteiger partial charge in [-0.2, -0.15) is 0 Å². The van der Waals surface area contributed by atoms with E-state index in [-0.39, 0.29) is 11.9 Å². The summed E-state index contributed by atoms with van der Waals surface area (Å²) in [7, 11) is 0. The molecule has 1 unspecified atom stereocenters. The monoisotopic (exact) mass is 345 g/mol. The molecule has 6 nitrogen and oxygen atoms in total. The highest BCUT2D eigenvalue weighted by atomic mass is 16.2. The molecular weight excluding hydrogens is 326 g/mol. The van der Waals surface area contributed by atoms with E-state index in [4.69, 9.17) is 0 Å². The standard InChI is InChI=1S/C20H19N5O/c1-15(24-11-10-21-13-24)20(26)22-12-16-6-8-17(9-7-16)25-14-23-18-4-2-3-5-19(18)25/h2-11,13-15H,12H2,1H3,(H,22,26). The number of imidazole rings is 2. The molecule has 2 aromatic carbocycles. The number of hydrogen-bond acceptors (Lipinski definition) is 3. The largest absolute Gasteiger partial charge is 0.350 e. The molecule has 0 aliphatic rings. The van der Waals surface area contributed by atoms with Crippen molar-refractivity contribution < 1.29 is 4.79 Å². The molecule has 1 atom stereocenters. The van der Waals surface area contributed by atoms with E-state index in [1.54, 1.807) is 23.3 Å². The van der Waals surface area contributed by atoms with Crippen molar-refractivity contribution in [3.63, 3.8) is 0 Å². The second-order valence-electron chi connectivity index (χ2n) is 6.17. The van der Waals surface area contributed by atoms with Crippen molar-refractivity contribution in [1.82, 2.24) is 24.4 Å². The first-order valence-electron chi connectivity index (χ1n) is 8.49. The Kier molecular flexibility index (Phi) is 4.23. The van der Waals surface area contributed by atoms with Crippen molar-refractivity contribution in [3.8, 4) is 5.69 Å². The highest BCUT2D eigenvalue weighted by Gasteiger charge is 2.13. The highest BCUT2D eigenvalue weighted by molar-refractivity contribution is 5.80. The number of aromatic nitrogens is 4. The Morgan fingerprint density at radius 2 is 1.92 bits per heavy atom. The molecule has 2 aromatic heterocycles. The van der Waals surface area contributed by atoms with Crippen molar-refractivity contribution in [1.29, 1.82) is 0 Å². The zero-order valence-corrected chi connectivity index (χ0v) is 14.4. The lowest BCUT2D eigenvalue weighted by Gasteiger charge is -2.13. The summed E-state index contributed by atoms with van der Waals surface area (Å²) < 4.78 is 3.83. The molecule has 4 aromatic rings. The first kappa shape index (κ1) is 16.1. The number of fused-ring (bicyclic) bond motifs is 1. The van der Waals surface area contributed by atoms with Crippen LogP contribution < -0.4 is 5.32 Å². The van der Waals surface area contributed by atoms with Gasteiger partial charge in [0, 0.05) is 24.6 Å². The molecule has 0 fully saturated rings. The zero-order valence-electron chi connectivity index (χ0n) is 14.4. The molecule has 0 bridgehead atoms. The van der Waals surface area contributed by atoms with Gasteiger partial charge in [0.2, 0.25) is 5.91 Å². The third-order valence-electron chi connectivity index (χ3n) is 4.49. The molecule has 2 heterocycles. The Morgan fingerprint density at radius 3 is 2.69 bits per heavy atom. The van der Waals surface area contributed by atoms with Gasteiger partial charge in [-0.1, -0.05) is 24.3 Å². The van der Waals surface area contributed by atoms with Crippen LogP contribution in [0.5, 0.6) is 0 Å². The molecule has 26 heavy (non-hydrogen) atoms. The maximum atomic E-state index is 12.2. The fraction of sp³-hybridized carbons (Fsp3) is 0.150. The number of carbonyl (C=O) groups excluding carboxylic acids is 1. The molecular formula is C20H19N5O. The predicted octanol–water partition coefficient (Wildman–Crippen LogP) is 3.10. The van der Waals surface area contributed by atoms with Crippen molar-refractivity contribution in [2.24, 2.45) is 0 Å². The maximum absolute atomic E-state index is 12.2. The van der Waals surface area contributed by atoms with Crippen LogP contribution in [0.3, 0.4) is 0 Å². The molecule has 130 valence electrons. The zero-order chi connectivity index (χ0) is 17.9. The van der Waals surface area contributed by atoms with Gasteiger partial charge in [-0.3, -0.25) is 9.36 Å². The minimum absolute atomic E-state index is 0.0346. The number of para-hydroxylation sites is 2. The predicted molar refractivity (Wildman–Crippen MR) is 99.9 cm³/mol. The molecule has 0 radical (unpaired) electrons. The number of hydrogen-bond donors (Lipinski definition) is 1. The lowest BCUT2D eigenvalue weighted by Crippen LogP contribution is -2.30. The maximum Gasteiger partial charge on any atom is 0.243 e. The number of benzene rings is 2. The number of nitrogens with zero attached hydrogens (tertiary/aromatic N) is 4. The van der Waals surface area contributed by atoms with E-state index in [2.05, 4.69) is 19.9 Å². The van der Waals surface area contributed by atoms with Crippen LogP contribution >= 0.6 is 0 Å². The molecule has 6 heteroatoms. The Hall–Kier alpha value is -3.41. The minimum Gasteiger partial charge on any atom is -0.350 e. The summed E-state index contributed by atoms with van der Waals surface area (Å²) in [6.45, 7) is 2.34. The van der Waals surface area contributed by atoms with Crippen LogP contribution in [0.15, 0.2) is 73.6 Å². The fourth-order valence-corrected chi connectivity index (χ4v) is 2.91. The average molecular weight is 345 g/mol. The van der Waals surface area contributed by atoms with Crippen molar-refractivity contribution in [2.45, 2.75) is 19.5 Å². The molecule has 0 spiro atoms. The second kappa shape index (κ2) is 6.84. The van der Waals surface area contributed by atoms with Gasteiger partial charge in [0.05, 0.1) is 17.4 Å². The number of carbonyl (C=O) groups is 1. The molecule has 1 amide bonds. The summed E-state index contributed by atoms with van der Waals surface area (Å²) in [5.41, 5.74) is 4.13. The number of rotatable bonds is 5. The van der Waals surface area contributed by atoms with E-state index < -0.39 is 0 Å². The lowest BCUT2D eigenvalue weighted by atomic mass is 10.2. The summed E-state index contributed by atoms with van der Waals surface area (Å²) in [4.78, 5) is 20.6. The van der Waals surface area contributed by atoms with Crippen LogP contribution in [-0.2, 0) is 11.3 Å². The lowest BCUT2D eigenvalue weighted by molar-refractivity contribution is -0.124. The topological polar surface area (TPSA) is 64.7 Å². The van der Waals surface area contributed by atoms with Crippen LogP contribution in [0.25, 0.3) is 16.7 Å². The smallest absolute Gasteiger partial charge is 0.243 e. The van der Waals surface area contributed by atoms with E-state index in [1.807, 2.05) is 61.8 Å². The van der Waals surface area contributed by atoms with Gasteiger partial charge in [-0.05, 0) is 36.8 Å². The summed E-state index contributed by atoms with van der Waals surface area (Å²) in [5.74, 6) is -0.0346. The van der Waals surface area contributed by atoms with Gasteiger partial charge in [0.25, 0.3) is 0 Å².